The van der Waals surface area contributed by atoms with Crippen LogP contribution in [-0.2, 0) is 0 Å². The average molecular weight is 209 g/mol. The highest BCUT2D eigenvalue weighted by atomic mass is 19.1. The van der Waals surface area contributed by atoms with E-state index in [1.54, 1.807) is 12.1 Å². The molecule has 1 aromatic rings. The fourth-order valence-corrected chi connectivity index (χ4v) is 1.08. The second kappa shape index (κ2) is 6.68. The zero-order valence-corrected chi connectivity index (χ0v) is 8.27. The van der Waals surface area contributed by atoms with Gasteiger partial charge < -0.3 is 4.74 Å². The molecule has 0 N–H and O–H groups in total. The number of nitrogens with zero attached hydrogens (tertiary/aromatic N) is 3. The van der Waals surface area contributed by atoms with Crippen molar-refractivity contribution in [2.45, 2.75) is 12.8 Å². The Hall–Kier alpha value is -1.74. The minimum Gasteiger partial charge on any atom is -0.493 e. The molecule has 4 nitrogen and oxygen atoms in total. The normalized spacial score (nSPS) is 9.40. The molecule has 0 atom stereocenters. The summed E-state index contributed by atoms with van der Waals surface area (Å²) in [4.78, 5) is 2.64. The fourth-order valence-electron chi connectivity index (χ4n) is 1.08. The van der Waals surface area contributed by atoms with Crippen molar-refractivity contribution >= 4 is 0 Å². The first kappa shape index (κ1) is 11.3. The van der Waals surface area contributed by atoms with Gasteiger partial charge in [-0.05, 0) is 30.5 Å². The Morgan fingerprint density at radius 1 is 1.40 bits per heavy atom. The van der Waals surface area contributed by atoms with E-state index in [0.29, 0.717) is 18.9 Å². The van der Waals surface area contributed by atoms with Gasteiger partial charge in [0.2, 0.25) is 0 Å². The number of hydrogen-bond donors (Lipinski definition) is 0. The van der Waals surface area contributed by atoms with E-state index in [1.165, 1.54) is 12.1 Å². The molecule has 5 heteroatoms. The third kappa shape index (κ3) is 4.88. The van der Waals surface area contributed by atoms with E-state index in [2.05, 4.69) is 10.0 Å². The minimum absolute atomic E-state index is 0.304. The molecule has 0 unspecified atom stereocenters. The second-order valence-electron chi connectivity index (χ2n) is 2.97. The maximum Gasteiger partial charge on any atom is 0.126 e. The number of unbranched alkanes of at least 4 members (excludes halogenated alkanes) is 1. The molecule has 80 valence electrons. The number of benzene rings is 1. The molecule has 0 aromatic heterocycles. The number of hydrogen-bond acceptors (Lipinski definition) is 2. The molecule has 0 fully saturated rings. The highest BCUT2D eigenvalue weighted by Gasteiger charge is 1.95. The number of halogens is 1. The molecule has 0 heterocycles. The minimum atomic E-state index is -0.304. The monoisotopic (exact) mass is 209 g/mol. The van der Waals surface area contributed by atoms with Crippen molar-refractivity contribution in [2.24, 2.45) is 5.11 Å². The molecule has 0 bridgehead atoms. The van der Waals surface area contributed by atoms with Crippen molar-refractivity contribution in [1.82, 2.24) is 0 Å². The molecule has 0 aliphatic rings. The summed E-state index contributed by atoms with van der Waals surface area (Å²) in [6.07, 6.45) is 1.56. The van der Waals surface area contributed by atoms with Gasteiger partial charge in [-0.1, -0.05) is 11.2 Å². The van der Waals surface area contributed by atoms with E-state index in [0.717, 1.165) is 12.8 Å². The lowest BCUT2D eigenvalue weighted by Gasteiger charge is -2.04. The van der Waals surface area contributed by atoms with Crippen molar-refractivity contribution in [1.29, 1.82) is 0 Å². The van der Waals surface area contributed by atoms with Gasteiger partial charge in [0.25, 0.3) is 0 Å². The van der Waals surface area contributed by atoms with Crippen LogP contribution in [0, 0.1) is 5.82 Å². The average Bonchev–Trinajstić information content (AvgIpc) is 2.23. The zero-order chi connectivity index (χ0) is 10.9. The molecular formula is C10H12FN3O. The lowest BCUT2D eigenvalue weighted by atomic mass is 10.3. The predicted molar refractivity (Wildman–Crippen MR) is 55.1 cm³/mol. The molecule has 1 rings (SSSR count). The Labute approximate surface area is 87.3 Å². The van der Waals surface area contributed by atoms with Crippen LogP contribution in [0.2, 0.25) is 0 Å². The first-order valence-electron chi connectivity index (χ1n) is 4.72. The van der Waals surface area contributed by atoms with Gasteiger partial charge in [0.15, 0.2) is 0 Å². The number of azide groups is 1. The van der Waals surface area contributed by atoms with E-state index < -0.39 is 0 Å². The maximum atomic E-state index is 12.7. The van der Waals surface area contributed by atoms with Gasteiger partial charge in [0.1, 0.15) is 11.6 Å². The summed E-state index contributed by atoms with van der Waals surface area (Å²) < 4.78 is 18.0. The molecule has 1 aromatic carbocycles. The van der Waals surface area contributed by atoms with Gasteiger partial charge in [0, 0.05) is 17.5 Å². The third-order valence-electron chi connectivity index (χ3n) is 1.78. The summed E-state index contributed by atoms with van der Waals surface area (Å²) in [5.41, 5.74) is 8.02. The zero-order valence-electron chi connectivity index (χ0n) is 8.27. The topological polar surface area (TPSA) is 58.0 Å². The maximum absolute atomic E-state index is 12.7. The van der Waals surface area contributed by atoms with Gasteiger partial charge in [-0.2, -0.15) is 0 Å². The summed E-state index contributed by atoms with van der Waals surface area (Å²) in [6, 6.07) is 6.02. The third-order valence-corrected chi connectivity index (χ3v) is 1.78. The van der Waals surface area contributed by atoms with Crippen molar-refractivity contribution in [2.75, 3.05) is 13.2 Å². The van der Waals surface area contributed by atoms with Crippen LogP contribution in [0.15, 0.2) is 29.4 Å². The summed E-state index contributed by atoms with van der Waals surface area (Å²) in [7, 11) is 0. The quantitative estimate of drug-likeness (QED) is 0.307. The largest absolute Gasteiger partial charge is 0.493 e. The van der Waals surface area contributed by atoms with Gasteiger partial charge >= 0.3 is 0 Å². The van der Waals surface area contributed by atoms with E-state index >= 15 is 0 Å². The van der Waals surface area contributed by atoms with E-state index in [1.807, 2.05) is 0 Å². The van der Waals surface area contributed by atoms with Crippen LogP contribution < -0.4 is 4.74 Å². The molecule has 0 aliphatic heterocycles. The molecule has 0 spiro atoms. The molecule has 15 heavy (non-hydrogen) atoms. The Bertz CT molecular complexity index is 350. The molecule has 0 amide bonds. The lowest BCUT2D eigenvalue weighted by molar-refractivity contribution is 0.306. The van der Waals surface area contributed by atoms with Crippen molar-refractivity contribution in [3.63, 3.8) is 0 Å². The summed E-state index contributed by atoms with van der Waals surface area (Å²) in [6.45, 7) is 0.980. The van der Waals surface area contributed by atoms with Crippen LogP contribution in [0.25, 0.3) is 10.4 Å². The number of rotatable bonds is 6. The van der Waals surface area contributed by atoms with Crippen molar-refractivity contribution in [3.05, 3.63) is 40.5 Å². The fraction of sp³-hybridized carbons (Fsp3) is 0.400. The predicted octanol–water partition coefficient (Wildman–Crippen LogP) is 3.30. The Morgan fingerprint density at radius 3 is 3.00 bits per heavy atom. The number of ether oxygens (including phenoxy) is 1. The Balaban J connectivity index is 2.17. The van der Waals surface area contributed by atoms with Crippen LogP contribution in [0.3, 0.4) is 0 Å². The molecule has 0 aliphatic carbocycles. The van der Waals surface area contributed by atoms with Crippen LogP contribution in [0.1, 0.15) is 12.8 Å². The Morgan fingerprint density at radius 2 is 2.27 bits per heavy atom. The summed E-state index contributed by atoms with van der Waals surface area (Å²) >= 11 is 0. The van der Waals surface area contributed by atoms with E-state index in [4.69, 9.17) is 10.3 Å². The highest BCUT2D eigenvalue weighted by molar-refractivity contribution is 5.22. The smallest absolute Gasteiger partial charge is 0.126 e. The Kier molecular flexibility index (Phi) is 5.04. The van der Waals surface area contributed by atoms with Gasteiger partial charge in [-0.25, -0.2) is 4.39 Å². The summed E-state index contributed by atoms with van der Waals surface area (Å²) in [5.74, 6) is 0.223. The van der Waals surface area contributed by atoms with Crippen LogP contribution in [0.4, 0.5) is 4.39 Å². The van der Waals surface area contributed by atoms with Crippen molar-refractivity contribution in [3.8, 4) is 5.75 Å². The van der Waals surface area contributed by atoms with E-state index in [-0.39, 0.29) is 5.82 Å². The molecular weight excluding hydrogens is 197 g/mol. The second-order valence-corrected chi connectivity index (χ2v) is 2.97. The lowest BCUT2D eigenvalue weighted by Crippen LogP contribution is -1.98. The standard InChI is InChI=1S/C10H12FN3O/c11-9-4-3-5-10(8-9)15-7-2-1-6-13-14-12/h3-5,8H,1-2,6-7H2. The van der Waals surface area contributed by atoms with Gasteiger partial charge in [-0.15, -0.1) is 0 Å². The van der Waals surface area contributed by atoms with Crippen LogP contribution in [-0.4, -0.2) is 13.2 Å². The molecule has 0 saturated heterocycles. The van der Waals surface area contributed by atoms with E-state index in [9.17, 15) is 4.39 Å². The highest BCUT2D eigenvalue weighted by Crippen LogP contribution is 2.12. The van der Waals surface area contributed by atoms with Gasteiger partial charge in [-0.3, -0.25) is 0 Å². The van der Waals surface area contributed by atoms with Crippen LogP contribution >= 0.6 is 0 Å². The molecule has 0 saturated carbocycles. The van der Waals surface area contributed by atoms with Crippen molar-refractivity contribution < 1.29 is 9.13 Å². The SMILES string of the molecule is [N-]=[N+]=NCCCCOc1cccc(F)c1. The first-order valence-corrected chi connectivity index (χ1v) is 4.72. The summed E-state index contributed by atoms with van der Waals surface area (Å²) in [5, 5.41) is 3.40. The first-order chi connectivity index (χ1) is 7.33. The van der Waals surface area contributed by atoms with Gasteiger partial charge in [0.05, 0.1) is 6.61 Å². The van der Waals surface area contributed by atoms with Crippen LogP contribution in [0.5, 0.6) is 5.75 Å². The molecule has 0 radical (unpaired) electrons.